The number of rotatable bonds is 3. The van der Waals surface area contributed by atoms with E-state index in [1.165, 1.54) is 25.4 Å². The van der Waals surface area contributed by atoms with Crippen LogP contribution >= 0.6 is 0 Å². The molecule has 2 heterocycles. The predicted octanol–water partition coefficient (Wildman–Crippen LogP) is 4.03. The van der Waals surface area contributed by atoms with Crippen molar-refractivity contribution in [1.29, 1.82) is 0 Å². The Morgan fingerprint density at radius 2 is 1.78 bits per heavy atom. The Labute approximate surface area is 149 Å². The molecule has 0 aliphatic heterocycles. The number of carbonyl (C=O) groups excluding carboxylic acids is 1. The molecule has 3 aromatic rings. The summed E-state index contributed by atoms with van der Waals surface area (Å²) in [4.78, 5) is 15.9. The van der Waals surface area contributed by atoms with E-state index >= 15 is 0 Å². The molecule has 10 heteroatoms. The average Bonchev–Trinajstić information content (AvgIpc) is 2.97. The first-order valence-corrected chi connectivity index (χ1v) is 7.50. The molecule has 2 aromatic heterocycles. The summed E-state index contributed by atoms with van der Waals surface area (Å²) in [7, 11) is 1.35. The number of aromatic nitrogens is 3. The molecule has 1 amide bonds. The predicted molar refractivity (Wildman–Crippen MR) is 85.8 cm³/mol. The van der Waals surface area contributed by atoms with Crippen LogP contribution in [-0.2, 0) is 13.2 Å². The maximum absolute atomic E-state index is 13.6. The summed E-state index contributed by atoms with van der Waals surface area (Å²) in [5.74, 6) is -3.12. The van der Waals surface area contributed by atoms with Crippen LogP contribution in [0.2, 0.25) is 0 Å². The van der Waals surface area contributed by atoms with Gasteiger partial charge in [-0.05, 0) is 30.3 Å². The molecule has 0 aliphatic rings. The van der Waals surface area contributed by atoms with Crippen molar-refractivity contribution in [2.24, 2.45) is 7.05 Å². The molecular weight excluding hydrogens is 371 g/mol. The van der Waals surface area contributed by atoms with Crippen LogP contribution in [0.15, 0.2) is 42.6 Å². The largest absolute Gasteiger partial charge is 0.435 e. The van der Waals surface area contributed by atoms with Gasteiger partial charge < -0.3 is 5.32 Å². The number of halogens is 5. The number of nitrogens with one attached hydrogen (secondary N) is 1. The van der Waals surface area contributed by atoms with Crippen molar-refractivity contribution >= 4 is 11.7 Å². The summed E-state index contributed by atoms with van der Waals surface area (Å²) in [6.45, 7) is 0. The molecule has 27 heavy (non-hydrogen) atoms. The molecule has 0 bridgehead atoms. The molecule has 140 valence electrons. The second kappa shape index (κ2) is 6.78. The Hall–Kier alpha value is -3.30. The van der Waals surface area contributed by atoms with Gasteiger partial charge in [-0.3, -0.25) is 9.48 Å². The molecule has 1 aromatic carbocycles. The number of anilines is 1. The number of hydrogen-bond donors (Lipinski definition) is 1. The van der Waals surface area contributed by atoms with Crippen molar-refractivity contribution in [1.82, 2.24) is 14.8 Å². The van der Waals surface area contributed by atoms with E-state index in [0.29, 0.717) is 5.56 Å². The fourth-order valence-corrected chi connectivity index (χ4v) is 2.39. The smallest absolute Gasteiger partial charge is 0.306 e. The summed E-state index contributed by atoms with van der Waals surface area (Å²) in [6.07, 6.45) is -3.37. The molecule has 0 radical (unpaired) electrons. The Bertz CT molecular complexity index is 975. The zero-order chi connectivity index (χ0) is 19.8. The fraction of sp³-hybridized carbons (Fsp3) is 0.118. The van der Waals surface area contributed by atoms with Crippen LogP contribution in [0.5, 0.6) is 0 Å². The third-order valence-corrected chi connectivity index (χ3v) is 3.66. The minimum atomic E-state index is -4.58. The standard InChI is InChI=1S/C17H11F5N4O/c1-26-12(7-13(25-26)17(20,21)22)9-5-6-14(23-8-9)24-16(27)15-10(18)3-2-4-11(15)19/h2-8H,1H3,(H,23,24,27). The number of alkyl halides is 3. The van der Waals surface area contributed by atoms with Gasteiger partial charge >= 0.3 is 6.18 Å². The lowest BCUT2D eigenvalue weighted by molar-refractivity contribution is -0.141. The molecule has 5 nitrogen and oxygen atoms in total. The van der Waals surface area contributed by atoms with E-state index in [1.807, 2.05) is 0 Å². The van der Waals surface area contributed by atoms with Gasteiger partial charge in [0.1, 0.15) is 23.0 Å². The van der Waals surface area contributed by atoms with Crippen LogP contribution in [0.3, 0.4) is 0 Å². The van der Waals surface area contributed by atoms with Gasteiger partial charge in [-0.2, -0.15) is 18.3 Å². The molecular formula is C17H11F5N4O. The zero-order valence-corrected chi connectivity index (χ0v) is 13.7. The normalized spacial score (nSPS) is 11.5. The van der Waals surface area contributed by atoms with Gasteiger partial charge in [-0.1, -0.05) is 6.07 Å². The molecule has 0 spiro atoms. The maximum atomic E-state index is 13.6. The van der Waals surface area contributed by atoms with Crippen molar-refractivity contribution in [3.8, 4) is 11.3 Å². The molecule has 0 aliphatic carbocycles. The second-order valence-corrected chi connectivity index (χ2v) is 5.52. The topological polar surface area (TPSA) is 59.8 Å². The molecule has 0 unspecified atom stereocenters. The SMILES string of the molecule is Cn1nc(C(F)(F)F)cc1-c1ccc(NC(=O)c2c(F)cccc2F)nc1. The number of aryl methyl sites for hydroxylation is 1. The van der Waals surface area contributed by atoms with E-state index < -0.39 is 35.0 Å². The number of nitrogens with zero attached hydrogens (tertiary/aromatic N) is 3. The van der Waals surface area contributed by atoms with Crippen molar-refractivity contribution in [3.05, 3.63) is 65.5 Å². The highest BCUT2D eigenvalue weighted by atomic mass is 19.4. The van der Waals surface area contributed by atoms with E-state index in [2.05, 4.69) is 15.4 Å². The van der Waals surface area contributed by atoms with Gasteiger partial charge in [0.05, 0.1) is 5.69 Å². The van der Waals surface area contributed by atoms with Gasteiger partial charge in [0, 0.05) is 18.8 Å². The fourth-order valence-electron chi connectivity index (χ4n) is 2.39. The van der Waals surface area contributed by atoms with Crippen molar-refractivity contribution < 1.29 is 26.7 Å². The van der Waals surface area contributed by atoms with Gasteiger partial charge in [-0.25, -0.2) is 13.8 Å². The first-order valence-electron chi connectivity index (χ1n) is 7.50. The van der Waals surface area contributed by atoms with Crippen LogP contribution in [0.4, 0.5) is 27.8 Å². The van der Waals surface area contributed by atoms with E-state index in [4.69, 9.17) is 0 Å². The van der Waals surface area contributed by atoms with E-state index in [9.17, 15) is 26.7 Å². The highest BCUT2D eigenvalue weighted by molar-refractivity contribution is 6.04. The van der Waals surface area contributed by atoms with Crippen LogP contribution in [-0.4, -0.2) is 20.7 Å². The number of benzene rings is 1. The van der Waals surface area contributed by atoms with Crippen molar-refractivity contribution in [2.45, 2.75) is 6.18 Å². The Morgan fingerprint density at radius 3 is 2.30 bits per heavy atom. The van der Waals surface area contributed by atoms with Crippen LogP contribution in [0.1, 0.15) is 16.1 Å². The van der Waals surface area contributed by atoms with Crippen LogP contribution in [0, 0.1) is 11.6 Å². The summed E-state index contributed by atoms with van der Waals surface area (Å²) < 4.78 is 66.5. The molecule has 0 saturated heterocycles. The lowest BCUT2D eigenvalue weighted by Gasteiger charge is -2.07. The van der Waals surface area contributed by atoms with Gasteiger partial charge in [0.25, 0.3) is 5.91 Å². The molecule has 0 saturated carbocycles. The number of hydrogen-bond acceptors (Lipinski definition) is 3. The van der Waals surface area contributed by atoms with Crippen molar-refractivity contribution in [3.63, 3.8) is 0 Å². The number of pyridine rings is 1. The Morgan fingerprint density at radius 1 is 1.11 bits per heavy atom. The van der Waals surface area contributed by atoms with Crippen LogP contribution in [0.25, 0.3) is 11.3 Å². The Kier molecular flexibility index (Phi) is 4.64. The van der Waals surface area contributed by atoms with E-state index in [1.54, 1.807) is 0 Å². The quantitative estimate of drug-likeness (QED) is 0.696. The van der Waals surface area contributed by atoms with Gasteiger partial charge in [-0.15, -0.1) is 0 Å². The molecule has 0 fully saturated rings. The molecule has 3 rings (SSSR count). The number of carbonyl (C=O) groups is 1. The monoisotopic (exact) mass is 382 g/mol. The highest BCUT2D eigenvalue weighted by Crippen LogP contribution is 2.31. The third kappa shape index (κ3) is 3.78. The van der Waals surface area contributed by atoms with Crippen LogP contribution < -0.4 is 5.32 Å². The number of amides is 1. The lowest BCUT2D eigenvalue weighted by atomic mass is 10.1. The maximum Gasteiger partial charge on any atom is 0.435 e. The summed E-state index contributed by atoms with van der Waals surface area (Å²) in [5.41, 5.74) is -1.33. The zero-order valence-electron chi connectivity index (χ0n) is 13.7. The first kappa shape index (κ1) is 18.5. The highest BCUT2D eigenvalue weighted by Gasteiger charge is 2.34. The Balaban J connectivity index is 1.82. The van der Waals surface area contributed by atoms with E-state index in [0.717, 1.165) is 28.9 Å². The lowest BCUT2D eigenvalue weighted by Crippen LogP contribution is -2.16. The first-order chi connectivity index (χ1) is 12.7. The van der Waals surface area contributed by atoms with Crippen molar-refractivity contribution in [2.75, 3.05) is 5.32 Å². The van der Waals surface area contributed by atoms with Gasteiger partial charge in [0.15, 0.2) is 5.69 Å². The third-order valence-electron chi connectivity index (χ3n) is 3.66. The molecule has 1 N–H and O–H groups in total. The average molecular weight is 382 g/mol. The minimum absolute atomic E-state index is 0.0235. The summed E-state index contributed by atoms with van der Waals surface area (Å²) >= 11 is 0. The van der Waals surface area contributed by atoms with E-state index in [-0.39, 0.29) is 11.5 Å². The second-order valence-electron chi connectivity index (χ2n) is 5.52. The minimum Gasteiger partial charge on any atom is -0.306 e. The van der Waals surface area contributed by atoms with Gasteiger partial charge in [0.2, 0.25) is 0 Å². The summed E-state index contributed by atoms with van der Waals surface area (Å²) in [6, 6.07) is 6.57. The molecule has 0 atom stereocenters. The summed E-state index contributed by atoms with van der Waals surface area (Å²) in [5, 5.41) is 5.63.